The van der Waals surface area contributed by atoms with Gasteiger partial charge in [-0.1, -0.05) is 30.3 Å². The molecule has 0 saturated heterocycles. The van der Waals surface area contributed by atoms with Crippen molar-refractivity contribution >= 4 is 31.1 Å². The Labute approximate surface area is 147 Å². The van der Waals surface area contributed by atoms with E-state index in [0.717, 1.165) is 5.19 Å². The lowest BCUT2D eigenvalue weighted by atomic mass is 10.4. The van der Waals surface area contributed by atoms with Gasteiger partial charge in [0.2, 0.25) is 0 Å². The van der Waals surface area contributed by atoms with Crippen LogP contribution in [0.25, 0.3) is 0 Å². The number of hydrogen-bond acceptors (Lipinski definition) is 4. The quantitative estimate of drug-likeness (QED) is 0.739. The van der Waals surface area contributed by atoms with Crippen molar-refractivity contribution in [2.45, 2.75) is 39.3 Å². The fourth-order valence-electron chi connectivity index (χ4n) is 1.06. The number of hydrogen-bond donors (Lipinski definition) is 0. The van der Waals surface area contributed by atoms with Crippen LogP contribution in [-0.4, -0.2) is 54.4 Å². The Hall–Kier alpha value is -0.289. The van der Waals surface area contributed by atoms with Gasteiger partial charge in [0.25, 0.3) is 0 Å². The molecule has 7 heteroatoms. The van der Waals surface area contributed by atoms with Crippen LogP contribution in [0.5, 0.6) is 0 Å². The second-order valence-corrected chi connectivity index (χ2v) is 16.8. The van der Waals surface area contributed by atoms with Crippen LogP contribution in [0.15, 0.2) is 30.3 Å². The van der Waals surface area contributed by atoms with E-state index in [9.17, 15) is 0 Å². The Morgan fingerprint density at radius 3 is 1.30 bits per heavy atom. The highest BCUT2D eigenvalue weighted by atomic mass is 28.4. The highest BCUT2D eigenvalue weighted by molar-refractivity contribution is 6.79. The highest BCUT2D eigenvalue weighted by Crippen LogP contribution is 2.04. The smallest absolute Gasteiger partial charge is 0.368 e. The summed E-state index contributed by atoms with van der Waals surface area (Å²) in [4.78, 5) is 0. The van der Waals surface area contributed by atoms with Crippen LogP contribution in [0.3, 0.4) is 0 Å². The van der Waals surface area contributed by atoms with Crippen molar-refractivity contribution < 1.29 is 17.7 Å². The predicted octanol–water partition coefficient (Wildman–Crippen LogP) is 3.34. The molecule has 4 nitrogen and oxygen atoms in total. The summed E-state index contributed by atoms with van der Waals surface area (Å²) >= 11 is 0. The number of benzene rings is 1. The molecule has 0 aliphatic heterocycles. The highest BCUT2D eigenvalue weighted by Gasteiger charge is 2.30. The van der Waals surface area contributed by atoms with Gasteiger partial charge in [-0.2, -0.15) is 0 Å². The maximum atomic E-state index is 5.39. The molecular weight excluding hydrogens is 340 g/mol. The summed E-state index contributed by atoms with van der Waals surface area (Å²) in [7, 11) is 3.07. The molecule has 1 rings (SSSR count). The second-order valence-electron chi connectivity index (χ2n) is 6.32. The molecule has 1 aromatic carbocycles. The molecule has 0 unspecified atom stereocenters. The molecule has 0 fully saturated rings. The molecule has 0 aliphatic rings. The van der Waals surface area contributed by atoms with Gasteiger partial charge in [0.1, 0.15) is 0 Å². The lowest BCUT2D eigenvalue weighted by molar-refractivity contribution is 0.265. The third kappa shape index (κ3) is 13.8. The first kappa shape index (κ1) is 25.0. The van der Waals surface area contributed by atoms with Crippen LogP contribution in [0, 0.1) is 0 Å². The monoisotopic (exact) mass is 376 g/mol. The molecule has 0 bridgehead atoms. The molecular formula is C16H36O4Si3. The lowest BCUT2D eigenvalue weighted by Crippen LogP contribution is -2.49. The summed E-state index contributed by atoms with van der Waals surface area (Å²) < 4.78 is 20.7. The molecule has 0 spiro atoms. The van der Waals surface area contributed by atoms with E-state index < -0.39 is 25.9 Å². The Morgan fingerprint density at radius 2 is 1.09 bits per heavy atom. The SMILES string of the molecule is CO[SiH](C)C.CO[Si](C)(C)C.CO[Si](C)(OC)c1ccccc1. The van der Waals surface area contributed by atoms with Crippen molar-refractivity contribution in [1.29, 1.82) is 0 Å². The normalized spacial score (nSPS) is 11.3. The van der Waals surface area contributed by atoms with E-state index in [1.807, 2.05) is 36.9 Å². The van der Waals surface area contributed by atoms with Crippen molar-refractivity contribution in [3.63, 3.8) is 0 Å². The van der Waals surface area contributed by atoms with Crippen molar-refractivity contribution in [3.05, 3.63) is 30.3 Å². The van der Waals surface area contributed by atoms with E-state index in [0.29, 0.717) is 0 Å². The first-order valence-electron chi connectivity index (χ1n) is 7.80. The van der Waals surface area contributed by atoms with Crippen LogP contribution in [-0.2, 0) is 17.7 Å². The third-order valence-corrected chi connectivity index (χ3v) is 8.27. The molecule has 0 N–H and O–H groups in total. The van der Waals surface area contributed by atoms with Crippen molar-refractivity contribution in [1.82, 2.24) is 0 Å². The van der Waals surface area contributed by atoms with Crippen LogP contribution in [0.4, 0.5) is 0 Å². The zero-order valence-corrected chi connectivity index (χ0v) is 19.8. The summed E-state index contributed by atoms with van der Waals surface area (Å²) in [5, 5.41) is 1.16. The van der Waals surface area contributed by atoms with Gasteiger partial charge in [0.15, 0.2) is 17.4 Å². The van der Waals surface area contributed by atoms with E-state index in [1.165, 1.54) is 0 Å². The first-order valence-corrected chi connectivity index (χ1v) is 16.3. The van der Waals surface area contributed by atoms with Crippen molar-refractivity contribution in [3.8, 4) is 0 Å². The minimum Gasteiger partial charge on any atom is -0.424 e. The van der Waals surface area contributed by atoms with Gasteiger partial charge in [0.05, 0.1) is 0 Å². The third-order valence-electron chi connectivity index (χ3n) is 3.16. The largest absolute Gasteiger partial charge is 0.424 e. The molecule has 1 aromatic rings. The summed E-state index contributed by atoms with van der Waals surface area (Å²) in [6, 6.07) is 10.1. The summed E-state index contributed by atoms with van der Waals surface area (Å²) in [5.74, 6) is 0. The molecule has 0 radical (unpaired) electrons. The Bertz CT molecular complexity index is 377. The average Bonchev–Trinajstić information content (AvgIpc) is 2.55. The van der Waals surface area contributed by atoms with Gasteiger partial charge in [-0.15, -0.1) is 0 Å². The summed E-state index contributed by atoms with van der Waals surface area (Å²) in [6.45, 7) is 12.8. The maximum absolute atomic E-state index is 5.39. The standard InChI is InChI=1S/C9H14O2Si.C4H12OSi.C3H10OSi/c1-10-12(3,11-2)9-7-5-4-6-8-9;1-5-6(2,3)4;1-4-5(2)3/h4-8H,1-3H3;1-4H3;5H,1-3H3. The number of rotatable bonds is 5. The van der Waals surface area contributed by atoms with Crippen LogP contribution >= 0.6 is 0 Å². The van der Waals surface area contributed by atoms with Gasteiger partial charge >= 0.3 is 8.56 Å². The molecule has 23 heavy (non-hydrogen) atoms. The fraction of sp³-hybridized carbons (Fsp3) is 0.625. The molecule has 0 atom stereocenters. The van der Waals surface area contributed by atoms with E-state index in [1.54, 1.807) is 28.4 Å². The van der Waals surface area contributed by atoms with Gasteiger partial charge < -0.3 is 17.7 Å². The zero-order chi connectivity index (χ0) is 18.5. The van der Waals surface area contributed by atoms with Crippen molar-refractivity contribution in [2.24, 2.45) is 0 Å². The van der Waals surface area contributed by atoms with E-state index in [2.05, 4.69) is 32.7 Å². The topological polar surface area (TPSA) is 36.9 Å². The Kier molecular flexibility index (Phi) is 14.2. The van der Waals surface area contributed by atoms with Crippen LogP contribution < -0.4 is 5.19 Å². The fourth-order valence-corrected chi connectivity index (χ4v) is 2.50. The van der Waals surface area contributed by atoms with Crippen LogP contribution in [0.2, 0.25) is 39.3 Å². The summed E-state index contributed by atoms with van der Waals surface area (Å²) in [5.41, 5.74) is 0. The van der Waals surface area contributed by atoms with E-state index >= 15 is 0 Å². The first-order chi connectivity index (χ1) is 10.6. The average molecular weight is 377 g/mol. The van der Waals surface area contributed by atoms with Gasteiger partial charge in [-0.3, -0.25) is 0 Å². The molecule has 0 heterocycles. The van der Waals surface area contributed by atoms with Crippen LogP contribution in [0.1, 0.15) is 0 Å². The van der Waals surface area contributed by atoms with Gasteiger partial charge in [-0.25, -0.2) is 0 Å². The van der Waals surface area contributed by atoms with Gasteiger partial charge in [0, 0.05) is 28.4 Å². The molecule has 0 aliphatic carbocycles. The molecule has 0 amide bonds. The Balaban J connectivity index is 0. The lowest BCUT2D eigenvalue weighted by Gasteiger charge is -2.22. The zero-order valence-electron chi connectivity index (χ0n) is 16.6. The molecule has 0 aromatic heterocycles. The summed E-state index contributed by atoms with van der Waals surface area (Å²) in [6.07, 6.45) is 0. The minimum absolute atomic E-state index is 0.650. The van der Waals surface area contributed by atoms with Gasteiger partial charge in [-0.05, 0) is 44.5 Å². The van der Waals surface area contributed by atoms with E-state index in [-0.39, 0.29) is 0 Å². The second kappa shape index (κ2) is 13.1. The van der Waals surface area contributed by atoms with E-state index in [4.69, 9.17) is 17.7 Å². The predicted molar refractivity (Wildman–Crippen MR) is 108 cm³/mol. The Morgan fingerprint density at radius 1 is 0.739 bits per heavy atom. The molecule has 136 valence electrons. The van der Waals surface area contributed by atoms with Crippen molar-refractivity contribution in [2.75, 3.05) is 28.4 Å². The minimum atomic E-state index is -2.07. The maximum Gasteiger partial charge on any atom is 0.368 e. The molecule has 0 saturated carbocycles.